The number of carbonyl (C=O) groups excluding carboxylic acids is 1. The molecule has 0 radical (unpaired) electrons. The monoisotopic (exact) mass is 477 g/mol. The molecule has 2 aromatic carbocycles. The van der Waals surface area contributed by atoms with Crippen LogP contribution in [0.1, 0.15) is 35.7 Å². The second-order valence-electron chi connectivity index (χ2n) is 8.94. The van der Waals surface area contributed by atoms with Crippen molar-refractivity contribution in [2.75, 3.05) is 18.4 Å². The molecule has 0 aliphatic carbocycles. The third kappa shape index (κ3) is 4.58. The lowest BCUT2D eigenvalue weighted by Gasteiger charge is -2.40. The molecule has 1 amide bonds. The van der Waals surface area contributed by atoms with E-state index in [1.165, 1.54) is 30.6 Å². The van der Waals surface area contributed by atoms with E-state index in [0.717, 1.165) is 12.8 Å². The lowest BCUT2D eigenvalue weighted by Crippen LogP contribution is -2.51. The maximum absolute atomic E-state index is 15.1. The summed E-state index contributed by atoms with van der Waals surface area (Å²) in [6, 6.07) is 8.96. The highest BCUT2D eigenvalue weighted by atomic mass is 19.1. The summed E-state index contributed by atoms with van der Waals surface area (Å²) < 4.78 is 34.2. The van der Waals surface area contributed by atoms with E-state index in [4.69, 9.17) is 4.42 Å². The van der Waals surface area contributed by atoms with Crippen LogP contribution < -0.4 is 5.32 Å². The van der Waals surface area contributed by atoms with Crippen molar-refractivity contribution < 1.29 is 18.0 Å². The Hall–Kier alpha value is -3.88. The van der Waals surface area contributed by atoms with Gasteiger partial charge < -0.3 is 14.6 Å². The van der Waals surface area contributed by atoms with Gasteiger partial charge in [0.05, 0.1) is 17.2 Å². The van der Waals surface area contributed by atoms with E-state index in [1.54, 1.807) is 30.0 Å². The number of rotatable bonds is 5. The maximum atomic E-state index is 15.1. The molecule has 9 heteroatoms. The molecule has 0 unspecified atom stereocenters. The van der Waals surface area contributed by atoms with Crippen LogP contribution in [0, 0.1) is 24.5 Å². The first-order valence-corrected chi connectivity index (χ1v) is 11.6. The summed E-state index contributed by atoms with van der Waals surface area (Å²) in [4.78, 5) is 28.3. The standard InChI is InChI=1S/C26H25F2N5O2/c1-15-11-18(23(19(28)12-15)24-29-8-4-9-30-24)25(34)33-10-3-5-16(2)21(33)14-31-26-32-20-7-6-17(27)13-22(20)35-26/h4,6-9,11-13,16,21H,3,5,10,14H2,1-2H3,(H,31,32)/t16-,21-/m1/s1. The molecule has 3 heterocycles. The Morgan fingerprint density at radius 1 is 1.20 bits per heavy atom. The molecule has 180 valence electrons. The molecule has 2 aromatic heterocycles. The number of likely N-dealkylation sites (tertiary alicyclic amines) is 1. The fraction of sp³-hybridized carbons (Fsp3) is 0.308. The Bertz CT molecular complexity index is 1380. The number of halogens is 2. The zero-order valence-corrected chi connectivity index (χ0v) is 19.5. The minimum atomic E-state index is -0.530. The average molecular weight is 478 g/mol. The first-order valence-electron chi connectivity index (χ1n) is 11.6. The molecular formula is C26H25F2N5O2. The lowest BCUT2D eigenvalue weighted by atomic mass is 9.89. The van der Waals surface area contributed by atoms with Crippen LogP contribution in [0.15, 0.2) is 53.2 Å². The fourth-order valence-electron chi connectivity index (χ4n) is 4.70. The summed E-state index contributed by atoms with van der Waals surface area (Å²) >= 11 is 0. The summed E-state index contributed by atoms with van der Waals surface area (Å²) in [5.74, 6) is -0.840. The van der Waals surface area contributed by atoms with Gasteiger partial charge in [-0.1, -0.05) is 6.92 Å². The molecule has 0 spiro atoms. The zero-order valence-electron chi connectivity index (χ0n) is 19.5. The third-order valence-electron chi connectivity index (χ3n) is 6.44. The molecule has 0 saturated carbocycles. The van der Waals surface area contributed by atoms with E-state index in [-0.39, 0.29) is 40.8 Å². The van der Waals surface area contributed by atoms with Gasteiger partial charge in [-0.3, -0.25) is 4.79 Å². The molecule has 7 nitrogen and oxygen atoms in total. The molecule has 0 bridgehead atoms. The van der Waals surface area contributed by atoms with Crippen LogP contribution in [0.25, 0.3) is 22.5 Å². The highest BCUT2D eigenvalue weighted by Crippen LogP contribution is 2.31. The number of piperidine rings is 1. The van der Waals surface area contributed by atoms with Crippen LogP contribution in [0.4, 0.5) is 14.8 Å². The smallest absolute Gasteiger partial charge is 0.295 e. The Morgan fingerprint density at radius 2 is 2.00 bits per heavy atom. The number of anilines is 1. The summed E-state index contributed by atoms with van der Waals surface area (Å²) in [6.07, 6.45) is 4.85. The van der Waals surface area contributed by atoms with E-state index < -0.39 is 11.6 Å². The van der Waals surface area contributed by atoms with Gasteiger partial charge >= 0.3 is 0 Å². The normalized spacial score (nSPS) is 18.1. The van der Waals surface area contributed by atoms with E-state index >= 15 is 4.39 Å². The van der Waals surface area contributed by atoms with Gasteiger partial charge in [-0.2, -0.15) is 4.98 Å². The average Bonchev–Trinajstić information content (AvgIpc) is 3.24. The van der Waals surface area contributed by atoms with Crippen molar-refractivity contribution in [1.29, 1.82) is 0 Å². The largest absolute Gasteiger partial charge is 0.423 e. The van der Waals surface area contributed by atoms with Gasteiger partial charge in [-0.15, -0.1) is 0 Å². The second kappa shape index (κ2) is 9.40. The van der Waals surface area contributed by atoms with Crippen LogP contribution in [0.5, 0.6) is 0 Å². The van der Waals surface area contributed by atoms with Crippen LogP contribution in [0.2, 0.25) is 0 Å². The Balaban J connectivity index is 1.44. The first-order chi connectivity index (χ1) is 16.9. The summed E-state index contributed by atoms with van der Waals surface area (Å²) in [6.45, 7) is 4.77. The zero-order chi connectivity index (χ0) is 24.5. The van der Waals surface area contributed by atoms with Crippen molar-refractivity contribution in [1.82, 2.24) is 19.9 Å². The first kappa shape index (κ1) is 22.9. The Morgan fingerprint density at radius 3 is 2.80 bits per heavy atom. The molecule has 2 atom stereocenters. The minimum Gasteiger partial charge on any atom is -0.423 e. The van der Waals surface area contributed by atoms with Crippen molar-refractivity contribution >= 4 is 23.0 Å². The number of aromatic nitrogens is 3. The number of nitrogens with zero attached hydrogens (tertiary/aromatic N) is 4. The van der Waals surface area contributed by atoms with E-state index in [1.807, 2.05) is 0 Å². The number of aryl methyl sites for hydroxylation is 1. The Kier molecular flexibility index (Phi) is 6.15. The molecule has 1 aliphatic rings. The molecule has 1 aliphatic heterocycles. The van der Waals surface area contributed by atoms with Crippen molar-refractivity contribution in [3.8, 4) is 11.4 Å². The predicted octanol–water partition coefficient (Wildman–Crippen LogP) is 5.22. The van der Waals surface area contributed by atoms with Crippen LogP contribution >= 0.6 is 0 Å². The van der Waals surface area contributed by atoms with E-state index in [2.05, 4.69) is 27.2 Å². The second-order valence-corrected chi connectivity index (χ2v) is 8.94. The highest BCUT2D eigenvalue weighted by Gasteiger charge is 2.34. The van der Waals surface area contributed by atoms with Gasteiger partial charge in [-0.25, -0.2) is 18.7 Å². The number of oxazole rings is 1. The molecule has 35 heavy (non-hydrogen) atoms. The Labute approximate surface area is 201 Å². The number of benzene rings is 2. The van der Waals surface area contributed by atoms with E-state index in [0.29, 0.717) is 29.8 Å². The maximum Gasteiger partial charge on any atom is 0.295 e. The number of fused-ring (bicyclic) bond motifs is 1. The van der Waals surface area contributed by atoms with Gasteiger partial charge in [0.25, 0.3) is 11.9 Å². The van der Waals surface area contributed by atoms with Gasteiger partial charge in [0.15, 0.2) is 11.4 Å². The quantitative estimate of drug-likeness (QED) is 0.424. The fourth-order valence-corrected chi connectivity index (χ4v) is 4.70. The molecular weight excluding hydrogens is 452 g/mol. The van der Waals surface area contributed by atoms with Gasteiger partial charge in [0, 0.05) is 31.5 Å². The number of hydrogen-bond donors (Lipinski definition) is 1. The van der Waals surface area contributed by atoms with Crippen molar-refractivity contribution in [3.05, 3.63) is 71.6 Å². The predicted molar refractivity (Wildman–Crippen MR) is 128 cm³/mol. The number of amides is 1. The van der Waals surface area contributed by atoms with Crippen molar-refractivity contribution in [3.63, 3.8) is 0 Å². The number of hydrogen-bond acceptors (Lipinski definition) is 6. The third-order valence-corrected chi connectivity index (χ3v) is 6.44. The number of carbonyl (C=O) groups is 1. The molecule has 1 N–H and O–H groups in total. The summed E-state index contributed by atoms with van der Waals surface area (Å²) in [5.41, 5.74) is 1.88. The van der Waals surface area contributed by atoms with Gasteiger partial charge in [0.1, 0.15) is 17.2 Å². The summed E-state index contributed by atoms with van der Waals surface area (Å²) in [7, 11) is 0. The van der Waals surface area contributed by atoms with E-state index in [9.17, 15) is 9.18 Å². The van der Waals surface area contributed by atoms with Gasteiger partial charge in [0.2, 0.25) is 0 Å². The molecule has 5 rings (SSSR count). The van der Waals surface area contributed by atoms with Crippen molar-refractivity contribution in [2.24, 2.45) is 5.92 Å². The van der Waals surface area contributed by atoms with Crippen LogP contribution in [-0.2, 0) is 0 Å². The lowest BCUT2D eigenvalue weighted by molar-refractivity contribution is 0.0539. The van der Waals surface area contributed by atoms with Crippen LogP contribution in [0.3, 0.4) is 0 Å². The van der Waals surface area contributed by atoms with Gasteiger partial charge in [-0.05, 0) is 61.6 Å². The van der Waals surface area contributed by atoms with Crippen molar-refractivity contribution in [2.45, 2.75) is 32.7 Å². The van der Waals surface area contributed by atoms with Crippen LogP contribution in [-0.4, -0.2) is 44.9 Å². The summed E-state index contributed by atoms with van der Waals surface area (Å²) in [5, 5.41) is 3.17. The molecule has 4 aromatic rings. The SMILES string of the molecule is Cc1cc(F)c(-c2ncccn2)c(C(=O)N2CCC[C@@H](C)[C@H]2CNc2nc3ccc(F)cc3o2)c1. The molecule has 1 saturated heterocycles. The highest BCUT2D eigenvalue weighted by molar-refractivity contribution is 6.00. The number of nitrogens with one attached hydrogen (secondary N) is 1. The molecule has 1 fully saturated rings. The minimum absolute atomic E-state index is 0.104. The topological polar surface area (TPSA) is 84.2 Å².